The minimum absolute atomic E-state index is 0.0604. The Bertz CT molecular complexity index is 857. The largest absolute Gasteiger partial charge is 0.416 e. The fourth-order valence-electron chi connectivity index (χ4n) is 3.15. The number of amides is 2. The summed E-state index contributed by atoms with van der Waals surface area (Å²) in [4.78, 5) is 30.3. The molecule has 6 nitrogen and oxygen atoms in total. The van der Waals surface area contributed by atoms with Gasteiger partial charge in [0, 0.05) is 19.3 Å². The van der Waals surface area contributed by atoms with Crippen LogP contribution in [0.4, 0.5) is 13.2 Å². The summed E-state index contributed by atoms with van der Waals surface area (Å²) in [6.07, 6.45) is -3.53. The summed E-state index contributed by atoms with van der Waals surface area (Å²) < 4.78 is 37.9. The summed E-state index contributed by atoms with van der Waals surface area (Å²) in [6.45, 7) is 0.413. The Morgan fingerprint density at radius 2 is 1.90 bits per heavy atom. The van der Waals surface area contributed by atoms with Crippen LogP contribution in [0.1, 0.15) is 28.0 Å². The number of likely N-dealkylation sites (tertiary alicyclic amines) is 1. The number of hydrogen-bond acceptors (Lipinski definition) is 4. The number of halogens is 3. The fraction of sp³-hybridized carbons (Fsp3) is 0.350. The molecule has 2 amide bonds. The lowest BCUT2D eigenvalue weighted by Gasteiger charge is -2.36. The number of alkyl halides is 3. The highest BCUT2D eigenvalue weighted by atomic mass is 19.4. The van der Waals surface area contributed by atoms with Crippen LogP contribution in [0.3, 0.4) is 0 Å². The van der Waals surface area contributed by atoms with E-state index in [1.54, 1.807) is 12.1 Å². The molecule has 1 saturated heterocycles. The predicted molar refractivity (Wildman–Crippen MR) is 97.8 cm³/mol. The molecule has 0 spiro atoms. The van der Waals surface area contributed by atoms with E-state index >= 15 is 0 Å². The average molecular weight is 407 g/mol. The Balaban J connectivity index is 1.60. The summed E-state index contributed by atoms with van der Waals surface area (Å²) in [5.41, 5.74) is -0.108. The van der Waals surface area contributed by atoms with Gasteiger partial charge in [-0.1, -0.05) is 18.2 Å². The summed E-state index contributed by atoms with van der Waals surface area (Å²) >= 11 is 0. The second-order valence-electron chi connectivity index (χ2n) is 6.86. The van der Waals surface area contributed by atoms with E-state index in [-0.39, 0.29) is 31.0 Å². The minimum Gasteiger partial charge on any atom is -0.391 e. The first kappa shape index (κ1) is 20.8. The van der Waals surface area contributed by atoms with Crippen molar-refractivity contribution in [1.29, 1.82) is 0 Å². The number of rotatable bonds is 4. The van der Waals surface area contributed by atoms with Gasteiger partial charge < -0.3 is 15.3 Å². The first-order chi connectivity index (χ1) is 13.7. The minimum atomic E-state index is -4.43. The lowest BCUT2D eigenvalue weighted by atomic mass is 10.0. The zero-order chi connectivity index (χ0) is 21.0. The maximum atomic E-state index is 12.6. The summed E-state index contributed by atoms with van der Waals surface area (Å²) in [5, 5.41) is 12.9. The van der Waals surface area contributed by atoms with Gasteiger partial charge in [-0.05, 0) is 36.2 Å². The monoisotopic (exact) mass is 407 g/mol. The van der Waals surface area contributed by atoms with Crippen molar-refractivity contribution in [3.8, 4) is 0 Å². The Labute approximate surface area is 165 Å². The van der Waals surface area contributed by atoms with Crippen LogP contribution in [0.5, 0.6) is 0 Å². The Kier molecular flexibility index (Phi) is 6.17. The maximum absolute atomic E-state index is 12.6. The lowest BCUT2D eigenvalue weighted by molar-refractivity contribution is -0.137. The molecule has 2 aromatic rings. The predicted octanol–water partition coefficient (Wildman–Crippen LogP) is 2.03. The molecule has 0 unspecified atom stereocenters. The molecule has 0 radical (unpaired) electrons. The lowest BCUT2D eigenvalue weighted by Crippen LogP contribution is -2.56. The molecule has 9 heteroatoms. The van der Waals surface area contributed by atoms with E-state index in [1.807, 2.05) is 0 Å². The summed E-state index contributed by atoms with van der Waals surface area (Å²) in [5.74, 6) is -0.736. The van der Waals surface area contributed by atoms with Crippen LogP contribution in [0.25, 0.3) is 0 Å². The van der Waals surface area contributed by atoms with Gasteiger partial charge in [-0.15, -0.1) is 0 Å². The number of aromatic nitrogens is 1. The normalized spacial score (nSPS) is 19.7. The third kappa shape index (κ3) is 5.32. The van der Waals surface area contributed by atoms with E-state index in [9.17, 15) is 27.9 Å². The van der Waals surface area contributed by atoms with Gasteiger partial charge in [-0.25, -0.2) is 0 Å². The SMILES string of the molecule is O=C(N[C@@H]1CN(C(=O)Cc2ccc(C(F)(F)F)cc2)CC[C@@H]1O)c1ccccn1. The van der Waals surface area contributed by atoms with Crippen LogP contribution in [-0.4, -0.2) is 52.0 Å². The molecule has 1 aliphatic heterocycles. The van der Waals surface area contributed by atoms with Crippen LogP contribution in [0.15, 0.2) is 48.7 Å². The number of pyridine rings is 1. The Morgan fingerprint density at radius 3 is 2.52 bits per heavy atom. The fourth-order valence-corrected chi connectivity index (χ4v) is 3.15. The number of aliphatic hydroxyl groups excluding tert-OH is 1. The van der Waals surface area contributed by atoms with Crippen molar-refractivity contribution in [3.05, 3.63) is 65.5 Å². The number of hydrogen-bond donors (Lipinski definition) is 2. The van der Waals surface area contributed by atoms with Crippen molar-refractivity contribution in [2.45, 2.75) is 31.2 Å². The van der Waals surface area contributed by atoms with E-state index in [0.717, 1.165) is 12.1 Å². The number of carbonyl (C=O) groups excluding carboxylic acids is 2. The van der Waals surface area contributed by atoms with Crippen LogP contribution in [-0.2, 0) is 17.4 Å². The molecule has 154 valence electrons. The average Bonchev–Trinajstić information content (AvgIpc) is 2.70. The zero-order valence-corrected chi connectivity index (χ0v) is 15.4. The highest BCUT2D eigenvalue weighted by Gasteiger charge is 2.32. The van der Waals surface area contributed by atoms with Crippen molar-refractivity contribution in [1.82, 2.24) is 15.2 Å². The third-order valence-electron chi connectivity index (χ3n) is 4.78. The highest BCUT2D eigenvalue weighted by Crippen LogP contribution is 2.29. The van der Waals surface area contributed by atoms with E-state index in [2.05, 4.69) is 10.3 Å². The van der Waals surface area contributed by atoms with Gasteiger partial charge in [0.05, 0.1) is 24.1 Å². The molecule has 0 saturated carbocycles. The molecule has 29 heavy (non-hydrogen) atoms. The number of nitrogens with one attached hydrogen (secondary N) is 1. The first-order valence-electron chi connectivity index (χ1n) is 9.08. The number of piperidine rings is 1. The van der Waals surface area contributed by atoms with Crippen molar-refractivity contribution in [3.63, 3.8) is 0 Å². The Morgan fingerprint density at radius 1 is 1.17 bits per heavy atom. The molecule has 2 heterocycles. The Hall–Kier alpha value is -2.94. The maximum Gasteiger partial charge on any atom is 0.416 e. The molecule has 0 bridgehead atoms. The van der Waals surface area contributed by atoms with E-state index in [0.29, 0.717) is 12.1 Å². The van der Waals surface area contributed by atoms with E-state index in [1.165, 1.54) is 29.3 Å². The second-order valence-corrected chi connectivity index (χ2v) is 6.86. The van der Waals surface area contributed by atoms with Gasteiger partial charge in [0.15, 0.2) is 0 Å². The highest BCUT2D eigenvalue weighted by molar-refractivity contribution is 5.92. The molecule has 0 aliphatic carbocycles. The molecule has 1 aromatic heterocycles. The second kappa shape index (κ2) is 8.60. The number of nitrogens with zero attached hydrogens (tertiary/aromatic N) is 2. The van der Waals surface area contributed by atoms with Gasteiger partial charge in [-0.2, -0.15) is 13.2 Å². The van der Waals surface area contributed by atoms with Crippen LogP contribution in [0, 0.1) is 0 Å². The third-order valence-corrected chi connectivity index (χ3v) is 4.78. The number of aliphatic hydroxyl groups is 1. The molecule has 2 atom stereocenters. The number of carbonyl (C=O) groups is 2. The topological polar surface area (TPSA) is 82.5 Å². The molecule has 1 fully saturated rings. The van der Waals surface area contributed by atoms with Crippen molar-refractivity contribution < 1.29 is 27.9 Å². The smallest absolute Gasteiger partial charge is 0.391 e. The van der Waals surface area contributed by atoms with Crippen LogP contribution in [0.2, 0.25) is 0 Å². The van der Waals surface area contributed by atoms with Crippen molar-refractivity contribution in [2.75, 3.05) is 13.1 Å². The molecule has 1 aromatic carbocycles. The van der Waals surface area contributed by atoms with Gasteiger partial charge >= 0.3 is 6.18 Å². The van der Waals surface area contributed by atoms with Crippen molar-refractivity contribution >= 4 is 11.8 Å². The summed E-state index contributed by atoms with van der Waals surface area (Å²) in [7, 11) is 0. The molecular formula is C20H20F3N3O3. The van der Waals surface area contributed by atoms with Gasteiger partial charge in [0.25, 0.3) is 5.91 Å². The van der Waals surface area contributed by atoms with Gasteiger partial charge in [0.2, 0.25) is 5.91 Å². The molecule has 3 rings (SSSR count). The standard InChI is InChI=1S/C20H20F3N3O3/c21-20(22,23)14-6-4-13(5-7-14)11-18(28)26-10-8-17(27)16(12-26)25-19(29)15-3-1-2-9-24-15/h1-7,9,16-17,27H,8,10-12H2,(H,25,29)/t16-,17+/m1/s1. The molecule has 1 aliphatic rings. The molecular weight excluding hydrogens is 387 g/mol. The number of benzene rings is 1. The van der Waals surface area contributed by atoms with E-state index < -0.39 is 29.8 Å². The quantitative estimate of drug-likeness (QED) is 0.813. The molecule has 2 N–H and O–H groups in total. The van der Waals surface area contributed by atoms with Gasteiger partial charge in [0.1, 0.15) is 5.69 Å². The van der Waals surface area contributed by atoms with Gasteiger partial charge in [-0.3, -0.25) is 14.6 Å². The van der Waals surface area contributed by atoms with Crippen LogP contribution < -0.4 is 5.32 Å². The zero-order valence-electron chi connectivity index (χ0n) is 15.4. The first-order valence-corrected chi connectivity index (χ1v) is 9.08. The van der Waals surface area contributed by atoms with Crippen molar-refractivity contribution in [2.24, 2.45) is 0 Å². The van der Waals surface area contributed by atoms with E-state index in [4.69, 9.17) is 0 Å². The van der Waals surface area contributed by atoms with Crippen LogP contribution >= 0.6 is 0 Å². The summed E-state index contributed by atoms with van der Waals surface area (Å²) in [6, 6.07) is 8.66.